The van der Waals surface area contributed by atoms with E-state index < -0.39 is 13.7 Å². The summed E-state index contributed by atoms with van der Waals surface area (Å²) in [5, 5.41) is 0.171. The van der Waals surface area contributed by atoms with Crippen molar-refractivity contribution >= 4 is 19.9 Å². The zero-order valence-electron chi connectivity index (χ0n) is 15.7. The lowest BCUT2D eigenvalue weighted by atomic mass is 9.64. The van der Waals surface area contributed by atoms with Crippen molar-refractivity contribution in [3.63, 3.8) is 0 Å². The molecule has 3 nitrogen and oxygen atoms in total. The Bertz CT molecular complexity index is 436. The molecule has 3 atom stereocenters. The number of hydrogen-bond acceptors (Lipinski definition) is 3. The minimum Gasteiger partial charge on any atom is -0.414 e. The van der Waals surface area contributed by atoms with E-state index in [-0.39, 0.29) is 22.8 Å². The van der Waals surface area contributed by atoms with Crippen LogP contribution in [0.15, 0.2) is 0 Å². The zero-order valence-corrected chi connectivity index (χ0v) is 16.7. The van der Waals surface area contributed by atoms with E-state index >= 15 is 0 Å². The van der Waals surface area contributed by atoms with Crippen molar-refractivity contribution in [2.75, 3.05) is 0 Å². The molecule has 1 aliphatic carbocycles. The highest BCUT2D eigenvalue weighted by molar-refractivity contribution is 6.74. The Hall–Kier alpha value is -0.483. The number of carbonyl (C=O) groups excluding carboxylic acids is 2. The Morgan fingerprint density at radius 1 is 1.36 bits per heavy atom. The number of Topliss-reactive ketones (excluding diaryl/α,β-unsaturated/α-hetero) is 2. The van der Waals surface area contributed by atoms with Crippen molar-refractivity contribution < 1.29 is 14.0 Å². The molecule has 1 rings (SSSR count). The maximum Gasteiger partial charge on any atom is 0.192 e. The van der Waals surface area contributed by atoms with E-state index in [0.717, 1.165) is 6.42 Å². The van der Waals surface area contributed by atoms with E-state index in [1.807, 2.05) is 6.92 Å². The van der Waals surface area contributed by atoms with Crippen molar-refractivity contribution in [3.05, 3.63) is 0 Å². The van der Waals surface area contributed by atoms with Gasteiger partial charge in [0.1, 0.15) is 11.6 Å². The minimum atomic E-state index is -1.84. The predicted octanol–water partition coefficient (Wildman–Crippen LogP) is 4.75. The van der Waals surface area contributed by atoms with Gasteiger partial charge in [0, 0.05) is 24.4 Å². The normalized spacial score (nSPS) is 30.5. The van der Waals surface area contributed by atoms with Crippen LogP contribution in [0.5, 0.6) is 0 Å². The van der Waals surface area contributed by atoms with Crippen LogP contribution in [0, 0.1) is 11.3 Å². The third-order valence-corrected chi connectivity index (χ3v) is 10.6. The summed E-state index contributed by atoms with van der Waals surface area (Å²) in [6.07, 6.45) is 2.68. The maximum atomic E-state index is 12.5. The van der Waals surface area contributed by atoms with Gasteiger partial charge in [0.15, 0.2) is 8.32 Å². The highest BCUT2D eigenvalue weighted by Gasteiger charge is 2.48. The van der Waals surface area contributed by atoms with E-state index in [9.17, 15) is 9.59 Å². The van der Waals surface area contributed by atoms with Gasteiger partial charge in [-0.1, -0.05) is 34.6 Å². The summed E-state index contributed by atoms with van der Waals surface area (Å²) < 4.78 is 6.61. The smallest absolute Gasteiger partial charge is 0.192 e. The molecular weight excluding hydrogens is 292 g/mol. The molecule has 1 aliphatic rings. The summed E-state index contributed by atoms with van der Waals surface area (Å²) in [6, 6.07) is 0. The first-order valence-corrected chi connectivity index (χ1v) is 11.4. The molecule has 0 radical (unpaired) electrons. The molecule has 0 aromatic carbocycles. The Kier molecular flexibility index (Phi) is 5.83. The predicted molar refractivity (Wildman–Crippen MR) is 93.5 cm³/mol. The number of carbonyl (C=O) groups is 2. The summed E-state index contributed by atoms with van der Waals surface area (Å²) in [5.41, 5.74) is -0.420. The first-order valence-electron chi connectivity index (χ1n) is 8.52. The molecule has 0 aromatic heterocycles. The molecular formula is C18H34O3Si. The van der Waals surface area contributed by atoms with E-state index in [1.165, 1.54) is 0 Å². The molecule has 0 heterocycles. The molecule has 128 valence electrons. The number of hydrogen-bond donors (Lipinski definition) is 0. The van der Waals surface area contributed by atoms with Crippen LogP contribution in [0.2, 0.25) is 18.1 Å². The second kappa shape index (κ2) is 6.56. The average molecular weight is 327 g/mol. The maximum absolute atomic E-state index is 12.5. The molecule has 22 heavy (non-hydrogen) atoms. The fourth-order valence-corrected chi connectivity index (χ4v) is 4.42. The van der Waals surface area contributed by atoms with Crippen LogP contribution in [0.4, 0.5) is 0 Å². The van der Waals surface area contributed by atoms with Crippen molar-refractivity contribution in [2.45, 2.75) is 91.5 Å². The van der Waals surface area contributed by atoms with E-state index in [1.54, 1.807) is 6.92 Å². The van der Waals surface area contributed by atoms with Crippen molar-refractivity contribution in [1.29, 1.82) is 0 Å². The molecule has 0 spiro atoms. The first-order chi connectivity index (χ1) is 9.81. The molecule has 4 heteroatoms. The van der Waals surface area contributed by atoms with Crippen LogP contribution in [0.3, 0.4) is 0 Å². The lowest BCUT2D eigenvalue weighted by molar-refractivity contribution is -0.140. The fraction of sp³-hybridized carbons (Fsp3) is 0.889. The van der Waals surface area contributed by atoms with Crippen LogP contribution in [0.25, 0.3) is 0 Å². The lowest BCUT2D eigenvalue weighted by Gasteiger charge is -2.48. The van der Waals surface area contributed by atoms with Gasteiger partial charge in [-0.05, 0) is 43.8 Å². The molecule has 0 bridgehead atoms. The molecule has 0 saturated heterocycles. The summed E-state index contributed by atoms with van der Waals surface area (Å²) in [7, 11) is -1.84. The SMILES string of the molecule is CC(=O)CC[C@@]1(C)C(=O)CC[C@@H](O[Si](C)(C)C(C)(C)C)[C@@H]1C. The average Bonchev–Trinajstić information content (AvgIpc) is 2.36. The van der Waals surface area contributed by atoms with Gasteiger partial charge in [0.25, 0.3) is 0 Å². The Balaban J connectivity index is 2.92. The van der Waals surface area contributed by atoms with E-state index in [2.05, 4.69) is 40.8 Å². The molecule has 0 amide bonds. The monoisotopic (exact) mass is 326 g/mol. The molecule has 0 aromatic rings. The van der Waals surface area contributed by atoms with Crippen LogP contribution < -0.4 is 0 Å². The summed E-state index contributed by atoms with van der Waals surface area (Å²) in [5.74, 6) is 0.632. The van der Waals surface area contributed by atoms with Gasteiger partial charge in [-0.15, -0.1) is 0 Å². The van der Waals surface area contributed by atoms with Crippen molar-refractivity contribution in [3.8, 4) is 0 Å². The minimum absolute atomic E-state index is 0.135. The quantitative estimate of drug-likeness (QED) is 0.685. The Morgan fingerprint density at radius 2 is 1.91 bits per heavy atom. The highest BCUT2D eigenvalue weighted by atomic mass is 28.4. The van der Waals surface area contributed by atoms with Crippen molar-refractivity contribution in [1.82, 2.24) is 0 Å². The third-order valence-electron chi connectivity index (χ3n) is 6.10. The van der Waals surface area contributed by atoms with Gasteiger partial charge < -0.3 is 9.22 Å². The van der Waals surface area contributed by atoms with Gasteiger partial charge in [0.2, 0.25) is 0 Å². The number of rotatable bonds is 5. The largest absolute Gasteiger partial charge is 0.414 e. The van der Waals surface area contributed by atoms with Gasteiger partial charge >= 0.3 is 0 Å². The second-order valence-corrected chi connectivity index (χ2v) is 13.5. The van der Waals surface area contributed by atoms with Gasteiger partial charge in [-0.25, -0.2) is 0 Å². The summed E-state index contributed by atoms with van der Waals surface area (Å²) in [6.45, 7) is 17.0. The second-order valence-electron chi connectivity index (χ2n) is 8.79. The zero-order chi connectivity index (χ0) is 17.3. The van der Waals surface area contributed by atoms with Crippen molar-refractivity contribution in [2.24, 2.45) is 11.3 Å². The highest BCUT2D eigenvalue weighted by Crippen LogP contribution is 2.46. The number of ketones is 2. The van der Waals surface area contributed by atoms with Crippen LogP contribution in [-0.4, -0.2) is 26.0 Å². The summed E-state index contributed by atoms with van der Waals surface area (Å²) >= 11 is 0. The van der Waals surface area contributed by atoms with E-state index in [4.69, 9.17) is 4.43 Å². The Labute approximate surface area is 137 Å². The molecule has 0 unspecified atom stereocenters. The Morgan fingerprint density at radius 3 is 2.36 bits per heavy atom. The molecule has 1 fully saturated rings. The molecule has 0 aliphatic heterocycles. The standard InChI is InChI=1S/C18H34O3Si/c1-13(19)11-12-18(6)14(2)15(9-10-16(18)20)21-22(7,8)17(3,4)5/h14-15H,9-12H2,1-8H3/t14-,15+,18+/m0/s1. The van der Waals surface area contributed by atoms with Crippen LogP contribution >= 0.6 is 0 Å². The molecule has 0 N–H and O–H groups in total. The van der Waals surface area contributed by atoms with Crippen LogP contribution in [0.1, 0.15) is 67.2 Å². The fourth-order valence-electron chi connectivity index (χ4n) is 2.99. The van der Waals surface area contributed by atoms with Crippen LogP contribution in [-0.2, 0) is 14.0 Å². The topological polar surface area (TPSA) is 43.4 Å². The lowest BCUT2D eigenvalue weighted by Crippen LogP contribution is -2.52. The van der Waals surface area contributed by atoms with Gasteiger partial charge in [0.05, 0.1) is 0 Å². The van der Waals surface area contributed by atoms with E-state index in [0.29, 0.717) is 25.0 Å². The third kappa shape index (κ3) is 4.08. The van der Waals surface area contributed by atoms with Gasteiger partial charge in [-0.3, -0.25) is 4.79 Å². The first kappa shape index (κ1) is 19.6. The van der Waals surface area contributed by atoms with Gasteiger partial charge in [-0.2, -0.15) is 0 Å². The summed E-state index contributed by atoms with van der Waals surface area (Å²) in [4.78, 5) is 23.8. The molecule has 1 saturated carbocycles.